The third kappa shape index (κ3) is 2.62. The monoisotopic (exact) mass is 157 g/mol. The molecule has 0 amide bonds. The molecule has 0 rings (SSSR count). The van der Waals surface area contributed by atoms with E-state index in [9.17, 15) is 4.79 Å². The van der Waals surface area contributed by atoms with E-state index in [0.29, 0.717) is 12.2 Å². The molecule has 0 heterocycles. The molecule has 0 aromatic carbocycles. The first-order valence-corrected chi connectivity index (χ1v) is 4.33. The lowest BCUT2D eigenvalue weighted by Crippen LogP contribution is -2.47. The summed E-state index contributed by atoms with van der Waals surface area (Å²) in [7, 11) is 1.85. The normalized spacial score (nSPS) is 16.0. The molecule has 0 bridgehead atoms. The number of ketones is 1. The molecule has 0 aromatic rings. The molecular weight excluding hydrogens is 138 g/mol. The number of likely N-dealkylation sites (N-methyl/N-ethyl adjacent to an activating group) is 1. The summed E-state index contributed by atoms with van der Waals surface area (Å²) in [6.45, 7) is 5.98. The quantitative estimate of drug-likeness (QED) is 0.658. The van der Waals surface area contributed by atoms with Crippen LogP contribution in [0.15, 0.2) is 0 Å². The minimum atomic E-state index is -0.288. The molecule has 1 unspecified atom stereocenters. The Kier molecular flexibility index (Phi) is 4.34. The Balaban J connectivity index is 4.19. The van der Waals surface area contributed by atoms with Crippen molar-refractivity contribution in [3.05, 3.63) is 0 Å². The first kappa shape index (κ1) is 10.6. The fourth-order valence-corrected chi connectivity index (χ4v) is 1.29. The number of Topliss-reactive ketones (excluding diaryl/α,β-unsaturated/α-hetero) is 1. The number of hydrogen-bond acceptors (Lipinski definition) is 2. The van der Waals surface area contributed by atoms with E-state index < -0.39 is 0 Å². The highest BCUT2D eigenvalue weighted by Gasteiger charge is 2.27. The van der Waals surface area contributed by atoms with Gasteiger partial charge in [-0.05, 0) is 20.4 Å². The van der Waals surface area contributed by atoms with E-state index in [1.165, 1.54) is 0 Å². The Morgan fingerprint density at radius 1 is 1.45 bits per heavy atom. The lowest BCUT2D eigenvalue weighted by Gasteiger charge is -2.26. The van der Waals surface area contributed by atoms with Crippen LogP contribution in [0.2, 0.25) is 0 Å². The van der Waals surface area contributed by atoms with Gasteiger partial charge in [0.1, 0.15) is 0 Å². The molecule has 0 radical (unpaired) electrons. The van der Waals surface area contributed by atoms with Crippen LogP contribution < -0.4 is 5.32 Å². The van der Waals surface area contributed by atoms with E-state index in [1.807, 2.05) is 20.9 Å². The van der Waals surface area contributed by atoms with Crippen LogP contribution in [0.25, 0.3) is 0 Å². The molecule has 0 saturated carbocycles. The van der Waals surface area contributed by atoms with Crippen molar-refractivity contribution in [3.63, 3.8) is 0 Å². The fraction of sp³-hybridized carbons (Fsp3) is 0.889. The summed E-state index contributed by atoms with van der Waals surface area (Å²) in [5, 5.41) is 3.08. The number of carbonyl (C=O) groups is 1. The molecule has 0 saturated heterocycles. The van der Waals surface area contributed by atoms with Gasteiger partial charge in [0.25, 0.3) is 0 Å². The molecule has 2 heteroatoms. The standard InChI is InChI=1S/C9H19NO/c1-5-7-9(3,10-4)8(11)6-2/h10H,5-7H2,1-4H3. The molecule has 0 aliphatic heterocycles. The van der Waals surface area contributed by atoms with Gasteiger partial charge in [0, 0.05) is 6.42 Å². The highest BCUT2D eigenvalue weighted by atomic mass is 16.1. The molecule has 0 fully saturated rings. The van der Waals surface area contributed by atoms with Gasteiger partial charge in [0.05, 0.1) is 5.54 Å². The first-order chi connectivity index (χ1) is 5.10. The second-order valence-electron chi connectivity index (χ2n) is 3.11. The largest absolute Gasteiger partial charge is 0.308 e. The van der Waals surface area contributed by atoms with Gasteiger partial charge in [0.15, 0.2) is 5.78 Å². The van der Waals surface area contributed by atoms with Gasteiger partial charge >= 0.3 is 0 Å². The average molecular weight is 157 g/mol. The van der Waals surface area contributed by atoms with Gasteiger partial charge in [-0.2, -0.15) is 0 Å². The maximum absolute atomic E-state index is 11.4. The first-order valence-electron chi connectivity index (χ1n) is 4.33. The SMILES string of the molecule is CCCC(C)(NC)C(=O)CC. The van der Waals surface area contributed by atoms with Gasteiger partial charge in [-0.3, -0.25) is 4.79 Å². The summed E-state index contributed by atoms with van der Waals surface area (Å²) >= 11 is 0. The molecule has 0 aliphatic carbocycles. The van der Waals surface area contributed by atoms with Gasteiger partial charge in [-0.25, -0.2) is 0 Å². The van der Waals surface area contributed by atoms with Crippen molar-refractivity contribution in [3.8, 4) is 0 Å². The summed E-state index contributed by atoms with van der Waals surface area (Å²) in [4.78, 5) is 11.4. The van der Waals surface area contributed by atoms with E-state index in [2.05, 4.69) is 12.2 Å². The zero-order valence-corrected chi connectivity index (χ0v) is 8.03. The van der Waals surface area contributed by atoms with Crippen LogP contribution in [-0.2, 0) is 4.79 Å². The van der Waals surface area contributed by atoms with Gasteiger partial charge < -0.3 is 5.32 Å². The van der Waals surface area contributed by atoms with Crippen molar-refractivity contribution >= 4 is 5.78 Å². The maximum atomic E-state index is 11.4. The Hall–Kier alpha value is -0.370. The van der Waals surface area contributed by atoms with Crippen LogP contribution in [0, 0.1) is 0 Å². The van der Waals surface area contributed by atoms with Crippen LogP contribution in [0.1, 0.15) is 40.0 Å². The highest BCUT2D eigenvalue weighted by Crippen LogP contribution is 2.14. The van der Waals surface area contributed by atoms with Crippen molar-refractivity contribution in [2.45, 2.75) is 45.6 Å². The Labute approximate surface area is 69.4 Å². The lowest BCUT2D eigenvalue weighted by molar-refractivity contribution is -0.124. The summed E-state index contributed by atoms with van der Waals surface area (Å²) in [5.41, 5.74) is -0.288. The number of rotatable bonds is 5. The topological polar surface area (TPSA) is 29.1 Å². The van der Waals surface area contributed by atoms with E-state index in [1.54, 1.807) is 0 Å². The van der Waals surface area contributed by atoms with Crippen LogP contribution in [0.5, 0.6) is 0 Å². The van der Waals surface area contributed by atoms with E-state index in [-0.39, 0.29) is 5.54 Å². The van der Waals surface area contributed by atoms with Crippen molar-refractivity contribution in [2.24, 2.45) is 0 Å². The molecule has 1 N–H and O–H groups in total. The Bertz CT molecular complexity index is 134. The summed E-state index contributed by atoms with van der Waals surface area (Å²) < 4.78 is 0. The van der Waals surface area contributed by atoms with Crippen LogP contribution in [0.4, 0.5) is 0 Å². The molecule has 0 spiro atoms. The summed E-state index contributed by atoms with van der Waals surface area (Å²) in [5.74, 6) is 0.307. The van der Waals surface area contributed by atoms with Crippen molar-refractivity contribution in [2.75, 3.05) is 7.05 Å². The van der Waals surface area contributed by atoms with Crippen LogP contribution in [0.3, 0.4) is 0 Å². The molecule has 1 atom stereocenters. The van der Waals surface area contributed by atoms with E-state index in [0.717, 1.165) is 12.8 Å². The Morgan fingerprint density at radius 3 is 2.27 bits per heavy atom. The number of hydrogen-bond donors (Lipinski definition) is 1. The smallest absolute Gasteiger partial charge is 0.152 e. The van der Waals surface area contributed by atoms with Gasteiger partial charge in [-0.15, -0.1) is 0 Å². The minimum absolute atomic E-state index is 0.288. The molecule has 2 nitrogen and oxygen atoms in total. The minimum Gasteiger partial charge on any atom is -0.308 e. The zero-order chi connectivity index (χ0) is 8.91. The number of carbonyl (C=O) groups excluding carboxylic acids is 1. The van der Waals surface area contributed by atoms with Gasteiger partial charge in [0.2, 0.25) is 0 Å². The Morgan fingerprint density at radius 2 is 2.00 bits per heavy atom. The third-order valence-electron chi connectivity index (χ3n) is 2.24. The fourth-order valence-electron chi connectivity index (χ4n) is 1.29. The van der Waals surface area contributed by atoms with Crippen LogP contribution >= 0.6 is 0 Å². The van der Waals surface area contributed by atoms with Crippen molar-refractivity contribution in [1.29, 1.82) is 0 Å². The maximum Gasteiger partial charge on any atom is 0.152 e. The molecule has 0 aromatic heterocycles. The molecule has 66 valence electrons. The number of nitrogens with one attached hydrogen (secondary N) is 1. The van der Waals surface area contributed by atoms with Crippen molar-refractivity contribution in [1.82, 2.24) is 5.32 Å². The average Bonchev–Trinajstić information content (AvgIpc) is 2.03. The van der Waals surface area contributed by atoms with E-state index >= 15 is 0 Å². The second-order valence-corrected chi connectivity index (χ2v) is 3.11. The molecule has 11 heavy (non-hydrogen) atoms. The molecular formula is C9H19NO. The zero-order valence-electron chi connectivity index (χ0n) is 8.03. The van der Waals surface area contributed by atoms with Gasteiger partial charge in [-0.1, -0.05) is 20.3 Å². The predicted molar refractivity (Wildman–Crippen MR) is 47.7 cm³/mol. The molecule has 0 aliphatic rings. The van der Waals surface area contributed by atoms with Crippen molar-refractivity contribution < 1.29 is 4.79 Å². The van der Waals surface area contributed by atoms with E-state index in [4.69, 9.17) is 0 Å². The second kappa shape index (κ2) is 4.50. The predicted octanol–water partition coefficient (Wildman–Crippen LogP) is 1.74. The lowest BCUT2D eigenvalue weighted by atomic mass is 9.90. The summed E-state index contributed by atoms with van der Waals surface area (Å²) in [6.07, 6.45) is 2.59. The van der Waals surface area contributed by atoms with Crippen LogP contribution in [-0.4, -0.2) is 18.4 Å². The highest BCUT2D eigenvalue weighted by molar-refractivity contribution is 5.87. The third-order valence-corrected chi connectivity index (χ3v) is 2.24. The summed E-state index contributed by atoms with van der Waals surface area (Å²) in [6, 6.07) is 0.